The normalized spacial score (nSPS) is 11.6. The molecule has 8 heteroatoms. The molecule has 7 nitrogen and oxygen atoms in total. The van der Waals surface area contributed by atoms with Crippen LogP contribution < -0.4 is 11.1 Å². The van der Waals surface area contributed by atoms with Gasteiger partial charge in [-0.25, -0.2) is 0 Å². The van der Waals surface area contributed by atoms with Gasteiger partial charge in [0.25, 0.3) is 0 Å². The predicted octanol–water partition coefficient (Wildman–Crippen LogP) is 1.32. The maximum absolute atomic E-state index is 12.9. The lowest BCUT2D eigenvalue weighted by molar-refractivity contribution is -0.136. The molecule has 0 aliphatic heterocycles. The van der Waals surface area contributed by atoms with Crippen LogP contribution in [-0.2, 0) is 22.4 Å². The highest BCUT2D eigenvalue weighted by Crippen LogP contribution is 2.07. The number of nitrogens with one attached hydrogen (secondary N) is 1. The molecular weight excluding hydrogens is 405 g/mol. The molecule has 0 aliphatic rings. The maximum atomic E-state index is 12.9. The molecule has 5 N–H and O–H groups in total. The molecule has 0 aromatic heterocycles. The van der Waals surface area contributed by atoms with E-state index < -0.39 is 13.1 Å². The number of benzene rings is 2. The number of unbranched alkanes of at least 4 members (excludes halogenated alkanes) is 1. The van der Waals surface area contributed by atoms with Gasteiger partial charge in [-0.05, 0) is 36.8 Å². The molecule has 0 fully saturated rings. The van der Waals surface area contributed by atoms with E-state index in [9.17, 15) is 9.59 Å². The summed E-state index contributed by atoms with van der Waals surface area (Å²) in [4.78, 5) is 26.9. The molecule has 0 heterocycles. The third kappa shape index (κ3) is 10.1. The highest BCUT2D eigenvalue weighted by Gasteiger charge is 2.19. The quantitative estimate of drug-likeness (QED) is 0.262. The molecule has 0 spiro atoms. The number of carbonyl (C=O) groups is 2. The maximum Gasteiger partial charge on any atom is 0.469 e. The first-order valence-electron chi connectivity index (χ1n) is 11.2. The van der Waals surface area contributed by atoms with Crippen molar-refractivity contribution in [2.75, 3.05) is 19.6 Å². The molecular formula is C24H34BN3O4. The van der Waals surface area contributed by atoms with Crippen LogP contribution in [0.2, 0.25) is 0 Å². The van der Waals surface area contributed by atoms with Crippen molar-refractivity contribution in [1.29, 1.82) is 0 Å². The number of nitrogens with two attached hydrogens (primary N) is 1. The summed E-state index contributed by atoms with van der Waals surface area (Å²) < 4.78 is 0. The molecule has 0 saturated carbocycles. The Kier molecular flexibility index (Phi) is 11.5. The fourth-order valence-corrected chi connectivity index (χ4v) is 3.37. The summed E-state index contributed by atoms with van der Waals surface area (Å²) in [6.45, 7) is 0.960. The monoisotopic (exact) mass is 439 g/mol. The number of hydrogen-bond donors (Lipinski definition) is 4. The Morgan fingerprint density at radius 3 is 2.12 bits per heavy atom. The van der Waals surface area contributed by atoms with E-state index in [4.69, 9.17) is 15.8 Å². The molecule has 0 radical (unpaired) electrons. The zero-order valence-electron chi connectivity index (χ0n) is 18.5. The number of carbonyl (C=O) groups excluding carboxylic acids is 2. The van der Waals surface area contributed by atoms with Crippen molar-refractivity contribution in [2.45, 2.75) is 44.5 Å². The van der Waals surface area contributed by atoms with Crippen LogP contribution in [0.5, 0.6) is 0 Å². The van der Waals surface area contributed by atoms with Crippen LogP contribution in [0.4, 0.5) is 0 Å². The van der Waals surface area contributed by atoms with E-state index in [1.807, 2.05) is 60.7 Å². The minimum Gasteiger partial charge on any atom is -0.426 e. The van der Waals surface area contributed by atoms with Gasteiger partial charge in [-0.15, -0.1) is 0 Å². The van der Waals surface area contributed by atoms with E-state index in [1.165, 1.54) is 0 Å². The summed E-state index contributed by atoms with van der Waals surface area (Å²) in [6, 6.07) is 19.8. The Labute approximate surface area is 190 Å². The van der Waals surface area contributed by atoms with Gasteiger partial charge in [0.15, 0.2) is 0 Å². The largest absolute Gasteiger partial charge is 0.469 e. The van der Waals surface area contributed by atoms with Gasteiger partial charge in [0, 0.05) is 25.5 Å². The number of nitrogens with zero attached hydrogens (tertiary/aromatic N) is 1. The number of hydrogen-bond acceptors (Lipinski definition) is 5. The predicted molar refractivity (Wildman–Crippen MR) is 127 cm³/mol. The highest BCUT2D eigenvalue weighted by atomic mass is 16.4. The number of aryl methyl sites for hydroxylation is 1. The van der Waals surface area contributed by atoms with Crippen LogP contribution in [0.3, 0.4) is 0 Å². The van der Waals surface area contributed by atoms with Crippen molar-refractivity contribution in [3.05, 3.63) is 71.8 Å². The van der Waals surface area contributed by atoms with E-state index in [1.54, 1.807) is 4.90 Å². The van der Waals surface area contributed by atoms with E-state index in [-0.39, 0.29) is 18.4 Å². The van der Waals surface area contributed by atoms with Gasteiger partial charge in [0.2, 0.25) is 11.8 Å². The Bertz CT molecular complexity index is 805. The number of rotatable bonds is 14. The Hall–Kier alpha value is -2.68. The first-order chi connectivity index (χ1) is 15.5. The second-order valence-electron chi connectivity index (χ2n) is 7.96. The summed E-state index contributed by atoms with van der Waals surface area (Å²) in [5.41, 5.74) is 7.80. The molecule has 1 unspecified atom stereocenters. The topological polar surface area (TPSA) is 116 Å². The standard InChI is InChI=1S/C24H34BN3O4/c26-22(25(31)32)13-7-8-17-27-23(29)19-28(18-16-21-11-5-2-6-12-21)24(30)15-14-20-9-3-1-4-10-20/h1-6,9-12,22,31-32H,7-8,13-19,26H2,(H,27,29). The first-order valence-corrected chi connectivity index (χ1v) is 11.2. The van der Waals surface area contributed by atoms with Crippen LogP contribution in [-0.4, -0.2) is 59.5 Å². The van der Waals surface area contributed by atoms with Crippen molar-refractivity contribution in [3.63, 3.8) is 0 Å². The van der Waals surface area contributed by atoms with E-state index in [0.29, 0.717) is 51.6 Å². The van der Waals surface area contributed by atoms with Gasteiger partial charge in [-0.2, -0.15) is 0 Å². The smallest absolute Gasteiger partial charge is 0.426 e. The van der Waals surface area contributed by atoms with Crippen molar-refractivity contribution in [1.82, 2.24) is 10.2 Å². The van der Waals surface area contributed by atoms with Crippen LogP contribution in [0, 0.1) is 0 Å². The van der Waals surface area contributed by atoms with Crippen LogP contribution in [0.1, 0.15) is 36.8 Å². The molecule has 2 amide bonds. The van der Waals surface area contributed by atoms with Gasteiger partial charge in [-0.1, -0.05) is 67.1 Å². The fourth-order valence-electron chi connectivity index (χ4n) is 3.37. The van der Waals surface area contributed by atoms with Crippen LogP contribution >= 0.6 is 0 Å². The summed E-state index contributed by atoms with van der Waals surface area (Å²) in [5, 5.41) is 20.8. The zero-order chi connectivity index (χ0) is 23.2. The summed E-state index contributed by atoms with van der Waals surface area (Å²) >= 11 is 0. The fraction of sp³-hybridized carbons (Fsp3) is 0.417. The molecule has 2 aromatic carbocycles. The first kappa shape index (κ1) is 25.6. The van der Waals surface area contributed by atoms with Crippen LogP contribution in [0.25, 0.3) is 0 Å². The summed E-state index contributed by atoms with van der Waals surface area (Å²) in [7, 11) is -1.52. The Balaban J connectivity index is 1.82. The van der Waals surface area contributed by atoms with Crippen molar-refractivity contribution < 1.29 is 19.6 Å². The van der Waals surface area contributed by atoms with Gasteiger partial charge >= 0.3 is 7.12 Å². The molecule has 0 bridgehead atoms. The molecule has 172 valence electrons. The van der Waals surface area contributed by atoms with Gasteiger partial charge in [-0.3, -0.25) is 9.59 Å². The minimum absolute atomic E-state index is 0.0231. The highest BCUT2D eigenvalue weighted by molar-refractivity contribution is 6.43. The molecule has 0 aliphatic carbocycles. The lowest BCUT2D eigenvalue weighted by atomic mass is 9.77. The average Bonchev–Trinajstić information content (AvgIpc) is 2.81. The lowest BCUT2D eigenvalue weighted by Gasteiger charge is -2.22. The van der Waals surface area contributed by atoms with Gasteiger partial charge in [0.05, 0.1) is 6.54 Å². The second-order valence-corrected chi connectivity index (χ2v) is 7.96. The van der Waals surface area contributed by atoms with Crippen molar-refractivity contribution in [2.24, 2.45) is 5.73 Å². The van der Waals surface area contributed by atoms with E-state index in [0.717, 1.165) is 11.1 Å². The zero-order valence-corrected chi connectivity index (χ0v) is 18.5. The van der Waals surface area contributed by atoms with E-state index >= 15 is 0 Å². The Morgan fingerprint density at radius 2 is 1.53 bits per heavy atom. The molecule has 32 heavy (non-hydrogen) atoms. The SMILES string of the molecule is NC(CCCCNC(=O)CN(CCc1ccccc1)C(=O)CCc1ccccc1)B(O)O. The van der Waals surface area contributed by atoms with Gasteiger partial charge in [0.1, 0.15) is 0 Å². The molecule has 2 rings (SSSR count). The van der Waals surface area contributed by atoms with Crippen LogP contribution in [0.15, 0.2) is 60.7 Å². The van der Waals surface area contributed by atoms with E-state index in [2.05, 4.69) is 5.32 Å². The van der Waals surface area contributed by atoms with Crippen molar-refractivity contribution in [3.8, 4) is 0 Å². The molecule has 1 atom stereocenters. The molecule has 2 aromatic rings. The summed E-state index contributed by atoms with van der Waals surface area (Å²) in [5.74, 6) is -0.915. The van der Waals surface area contributed by atoms with Gasteiger partial charge < -0.3 is 26.0 Å². The lowest BCUT2D eigenvalue weighted by Crippen LogP contribution is -2.42. The second kappa shape index (κ2) is 14.4. The minimum atomic E-state index is -1.52. The average molecular weight is 439 g/mol. The number of amides is 2. The third-order valence-electron chi connectivity index (χ3n) is 5.34. The van der Waals surface area contributed by atoms with Crippen molar-refractivity contribution >= 4 is 18.9 Å². The third-order valence-corrected chi connectivity index (χ3v) is 5.34. The molecule has 0 saturated heterocycles. The summed E-state index contributed by atoms with van der Waals surface area (Å²) in [6.07, 6.45) is 3.50. The Morgan fingerprint density at radius 1 is 0.938 bits per heavy atom.